The molecule has 0 aliphatic rings. The third-order valence-corrected chi connectivity index (χ3v) is 6.28. The lowest BCUT2D eigenvalue weighted by molar-refractivity contribution is 0.307. The summed E-state index contributed by atoms with van der Waals surface area (Å²) in [5.41, 5.74) is 7.27. The standard InChI is InChI=1S/C32H29NO2/c1-32(2,3)25-19-24-12-9-17-33-31(24)28(20-25)23-11-8-10-22(18-23)21-35-30-16-7-5-14-27(30)26-13-4-6-15-29(26)34/h4-20,34H,21H2,1-3H3. The van der Waals surface area contributed by atoms with Crippen molar-refractivity contribution in [2.45, 2.75) is 32.8 Å². The van der Waals surface area contributed by atoms with Gasteiger partial charge in [0.25, 0.3) is 0 Å². The number of rotatable bonds is 5. The van der Waals surface area contributed by atoms with E-state index in [4.69, 9.17) is 9.72 Å². The predicted octanol–water partition coefficient (Wildman–Crippen LogP) is 8.15. The Hall–Kier alpha value is -4.11. The van der Waals surface area contributed by atoms with Crippen LogP contribution in [0.25, 0.3) is 33.2 Å². The minimum absolute atomic E-state index is 0.0339. The van der Waals surface area contributed by atoms with Crippen molar-refractivity contribution in [1.29, 1.82) is 0 Å². The molecule has 174 valence electrons. The maximum absolute atomic E-state index is 10.3. The highest BCUT2D eigenvalue weighted by Gasteiger charge is 2.17. The number of aromatic hydroxyl groups is 1. The van der Waals surface area contributed by atoms with Gasteiger partial charge in [0.1, 0.15) is 18.1 Å². The van der Waals surface area contributed by atoms with Gasteiger partial charge in [-0.05, 0) is 58.5 Å². The highest BCUT2D eigenvalue weighted by molar-refractivity contribution is 5.94. The fourth-order valence-electron chi connectivity index (χ4n) is 4.35. The van der Waals surface area contributed by atoms with Crippen LogP contribution in [0, 0.1) is 0 Å². The second kappa shape index (κ2) is 9.27. The fourth-order valence-corrected chi connectivity index (χ4v) is 4.35. The predicted molar refractivity (Wildman–Crippen MR) is 144 cm³/mol. The average molecular weight is 460 g/mol. The molecule has 5 rings (SSSR count). The van der Waals surface area contributed by atoms with E-state index in [2.05, 4.69) is 63.2 Å². The van der Waals surface area contributed by atoms with Crippen LogP contribution in [-0.4, -0.2) is 10.1 Å². The first kappa shape index (κ1) is 22.7. The summed E-state index contributed by atoms with van der Waals surface area (Å²) in [6, 6.07) is 32.2. The van der Waals surface area contributed by atoms with Gasteiger partial charge in [-0.15, -0.1) is 0 Å². The van der Waals surface area contributed by atoms with Gasteiger partial charge < -0.3 is 9.84 Å². The maximum atomic E-state index is 10.3. The summed E-state index contributed by atoms with van der Waals surface area (Å²) in [4.78, 5) is 4.70. The average Bonchev–Trinajstić information content (AvgIpc) is 2.87. The number of fused-ring (bicyclic) bond motifs is 1. The molecule has 0 aliphatic heterocycles. The highest BCUT2D eigenvalue weighted by Crippen LogP contribution is 2.37. The van der Waals surface area contributed by atoms with Crippen LogP contribution < -0.4 is 4.74 Å². The molecule has 0 aliphatic carbocycles. The van der Waals surface area contributed by atoms with Crippen molar-refractivity contribution in [3.8, 4) is 33.8 Å². The largest absolute Gasteiger partial charge is 0.507 e. The minimum atomic E-state index is 0.0339. The van der Waals surface area contributed by atoms with Crippen molar-refractivity contribution in [2.75, 3.05) is 0 Å². The molecule has 1 heterocycles. The Morgan fingerprint density at radius 2 is 1.51 bits per heavy atom. The van der Waals surface area contributed by atoms with E-state index in [1.807, 2.05) is 54.7 Å². The Bertz CT molecular complexity index is 1500. The van der Waals surface area contributed by atoms with E-state index in [0.717, 1.165) is 44.5 Å². The molecule has 0 atom stereocenters. The Balaban J connectivity index is 1.49. The topological polar surface area (TPSA) is 42.4 Å². The van der Waals surface area contributed by atoms with Gasteiger partial charge in [-0.3, -0.25) is 4.98 Å². The Morgan fingerprint density at radius 1 is 0.743 bits per heavy atom. The molecule has 0 radical (unpaired) electrons. The van der Waals surface area contributed by atoms with Gasteiger partial charge in [0.05, 0.1) is 5.52 Å². The molecule has 35 heavy (non-hydrogen) atoms. The van der Waals surface area contributed by atoms with Crippen LogP contribution in [-0.2, 0) is 12.0 Å². The van der Waals surface area contributed by atoms with Gasteiger partial charge in [-0.2, -0.15) is 0 Å². The molecule has 3 nitrogen and oxygen atoms in total. The number of aromatic nitrogens is 1. The molecule has 0 fully saturated rings. The van der Waals surface area contributed by atoms with E-state index in [-0.39, 0.29) is 11.2 Å². The number of para-hydroxylation sites is 2. The van der Waals surface area contributed by atoms with E-state index in [1.54, 1.807) is 6.07 Å². The number of phenolic OH excluding ortho intramolecular Hbond substituents is 1. The second-order valence-corrected chi connectivity index (χ2v) is 9.85. The molecule has 0 spiro atoms. The molecule has 0 amide bonds. The first-order valence-corrected chi connectivity index (χ1v) is 11.9. The first-order valence-electron chi connectivity index (χ1n) is 11.9. The summed E-state index contributed by atoms with van der Waals surface area (Å²) in [5.74, 6) is 0.977. The van der Waals surface area contributed by atoms with E-state index in [1.165, 1.54) is 5.56 Å². The number of hydrogen-bond donors (Lipinski definition) is 1. The third-order valence-electron chi connectivity index (χ3n) is 6.28. The summed E-state index contributed by atoms with van der Waals surface area (Å²) < 4.78 is 6.26. The zero-order chi connectivity index (χ0) is 24.4. The molecule has 1 aromatic heterocycles. The SMILES string of the molecule is CC(C)(C)c1cc(-c2cccc(COc3ccccc3-c3ccccc3O)c2)c2ncccc2c1. The molecule has 0 saturated heterocycles. The highest BCUT2D eigenvalue weighted by atomic mass is 16.5. The zero-order valence-electron chi connectivity index (χ0n) is 20.3. The number of nitrogens with zero attached hydrogens (tertiary/aromatic N) is 1. The van der Waals surface area contributed by atoms with Crippen LogP contribution in [0.15, 0.2) is 103 Å². The van der Waals surface area contributed by atoms with Crippen molar-refractivity contribution in [3.05, 3.63) is 114 Å². The molecular weight excluding hydrogens is 430 g/mol. The van der Waals surface area contributed by atoms with Crippen molar-refractivity contribution in [1.82, 2.24) is 4.98 Å². The van der Waals surface area contributed by atoms with Crippen molar-refractivity contribution in [3.63, 3.8) is 0 Å². The summed E-state index contributed by atoms with van der Waals surface area (Å²) in [7, 11) is 0. The van der Waals surface area contributed by atoms with E-state index in [9.17, 15) is 5.11 Å². The van der Waals surface area contributed by atoms with E-state index in [0.29, 0.717) is 6.61 Å². The lowest BCUT2D eigenvalue weighted by Gasteiger charge is -2.21. The minimum Gasteiger partial charge on any atom is -0.507 e. The second-order valence-electron chi connectivity index (χ2n) is 9.85. The molecule has 5 aromatic rings. The van der Waals surface area contributed by atoms with E-state index >= 15 is 0 Å². The normalized spacial score (nSPS) is 11.5. The van der Waals surface area contributed by atoms with Crippen LogP contribution in [0.1, 0.15) is 31.9 Å². The van der Waals surface area contributed by atoms with Gasteiger partial charge in [-0.25, -0.2) is 0 Å². The van der Waals surface area contributed by atoms with Crippen LogP contribution in [0.5, 0.6) is 11.5 Å². The molecule has 0 unspecified atom stereocenters. The number of hydrogen-bond acceptors (Lipinski definition) is 3. The molecule has 3 heteroatoms. The van der Waals surface area contributed by atoms with Crippen LogP contribution in [0.4, 0.5) is 0 Å². The Kier molecular flexibility index (Phi) is 6.00. The monoisotopic (exact) mass is 459 g/mol. The van der Waals surface area contributed by atoms with Gasteiger partial charge >= 0.3 is 0 Å². The maximum Gasteiger partial charge on any atom is 0.127 e. The van der Waals surface area contributed by atoms with E-state index < -0.39 is 0 Å². The number of benzene rings is 4. The van der Waals surface area contributed by atoms with Gasteiger partial charge in [0.2, 0.25) is 0 Å². The molecule has 0 saturated carbocycles. The lowest BCUT2D eigenvalue weighted by Crippen LogP contribution is -2.11. The quantitative estimate of drug-likeness (QED) is 0.288. The van der Waals surface area contributed by atoms with Gasteiger partial charge in [0, 0.05) is 28.3 Å². The van der Waals surface area contributed by atoms with Gasteiger partial charge in [-0.1, -0.05) is 81.4 Å². The summed E-state index contributed by atoms with van der Waals surface area (Å²) >= 11 is 0. The van der Waals surface area contributed by atoms with Crippen molar-refractivity contribution in [2.24, 2.45) is 0 Å². The summed E-state index contributed by atoms with van der Waals surface area (Å²) in [6.45, 7) is 7.13. The number of pyridine rings is 1. The molecular formula is C32H29NO2. The smallest absolute Gasteiger partial charge is 0.127 e. The Morgan fingerprint density at radius 3 is 2.31 bits per heavy atom. The fraction of sp³-hybridized carbons (Fsp3) is 0.156. The van der Waals surface area contributed by atoms with Crippen LogP contribution in [0.2, 0.25) is 0 Å². The molecule has 4 aromatic carbocycles. The Labute approximate surface area is 206 Å². The zero-order valence-corrected chi connectivity index (χ0v) is 20.3. The first-order chi connectivity index (χ1) is 16.9. The van der Waals surface area contributed by atoms with Crippen molar-refractivity contribution >= 4 is 10.9 Å². The summed E-state index contributed by atoms with van der Waals surface area (Å²) in [6.07, 6.45) is 1.85. The number of ether oxygens (including phenoxy) is 1. The third kappa shape index (κ3) is 4.76. The van der Waals surface area contributed by atoms with Gasteiger partial charge in [0.15, 0.2) is 0 Å². The van der Waals surface area contributed by atoms with Crippen molar-refractivity contribution < 1.29 is 9.84 Å². The van der Waals surface area contributed by atoms with Crippen LogP contribution >= 0.6 is 0 Å². The summed E-state index contributed by atoms with van der Waals surface area (Å²) in [5, 5.41) is 11.5. The van der Waals surface area contributed by atoms with Crippen LogP contribution in [0.3, 0.4) is 0 Å². The number of phenols is 1. The molecule has 1 N–H and O–H groups in total. The molecule has 0 bridgehead atoms. The lowest BCUT2D eigenvalue weighted by atomic mass is 9.84.